The van der Waals surface area contributed by atoms with Crippen molar-refractivity contribution in [1.29, 1.82) is 0 Å². The Hall–Kier alpha value is -4.20. The average molecular weight is 795 g/mol. The molecule has 0 saturated carbocycles. The van der Waals surface area contributed by atoms with Gasteiger partial charge in [-0.25, -0.2) is 0 Å². The second kappa shape index (κ2) is 26.7. The summed E-state index contributed by atoms with van der Waals surface area (Å²) in [5.41, 5.74) is 4.22. The van der Waals surface area contributed by atoms with Crippen LogP contribution in [0.25, 0.3) is 0 Å². The summed E-state index contributed by atoms with van der Waals surface area (Å²) in [6, 6.07) is 11.6. The molecular formula is C44H66N4O9. The molecule has 13 nitrogen and oxygen atoms in total. The van der Waals surface area contributed by atoms with Gasteiger partial charge in [-0.3, -0.25) is 14.4 Å². The summed E-state index contributed by atoms with van der Waals surface area (Å²) in [6.45, 7) is 10.2. The first-order valence-electron chi connectivity index (χ1n) is 21.0. The van der Waals surface area contributed by atoms with Gasteiger partial charge >= 0.3 is 0 Å². The van der Waals surface area contributed by atoms with E-state index in [1.54, 1.807) is 0 Å². The molecule has 0 radical (unpaired) electrons. The van der Waals surface area contributed by atoms with E-state index < -0.39 is 6.04 Å². The first-order valence-corrected chi connectivity index (χ1v) is 21.0. The number of carbonyl (C=O) groups excluding carboxylic acids is 4. The van der Waals surface area contributed by atoms with E-state index in [1.165, 1.54) is 17.5 Å². The lowest BCUT2D eigenvalue weighted by Crippen LogP contribution is -2.48. The van der Waals surface area contributed by atoms with E-state index in [0.717, 1.165) is 125 Å². The highest BCUT2D eigenvalue weighted by Gasteiger charge is 2.25. The van der Waals surface area contributed by atoms with Crippen molar-refractivity contribution in [3.8, 4) is 11.5 Å². The van der Waals surface area contributed by atoms with E-state index >= 15 is 0 Å². The van der Waals surface area contributed by atoms with Crippen molar-refractivity contribution in [2.75, 3.05) is 91.0 Å². The highest BCUT2D eigenvalue weighted by molar-refractivity contribution is 5.83. The second-order valence-electron chi connectivity index (χ2n) is 14.8. The molecule has 3 amide bonds. The van der Waals surface area contributed by atoms with Crippen molar-refractivity contribution in [1.82, 2.24) is 15.1 Å². The van der Waals surface area contributed by atoms with Gasteiger partial charge in [-0.05, 0) is 105 Å². The second-order valence-corrected chi connectivity index (χ2v) is 14.8. The number of piperazine rings is 1. The molecule has 0 spiro atoms. The zero-order chi connectivity index (χ0) is 40.5. The molecule has 4 rings (SSSR count). The van der Waals surface area contributed by atoms with Gasteiger partial charge in [0, 0.05) is 71.5 Å². The van der Waals surface area contributed by atoms with Crippen LogP contribution in [0.1, 0.15) is 87.3 Å². The molecule has 1 saturated heterocycles. The van der Waals surface area contributed by atoms with E-state index in [9.17, 15) is 19.2 Å². The molecule has 1 N–H and O–H groups in total. The topological polar surface area (TPSA) is 136 Å². The Morgan fingerprint density at radius 1 is 0.842 bits per heavy atom. The van der Waals surface area contributed by atoms with Gasteiger partial charge in [0.25, 0.3) is 0 Å². The van der Waals surface area contributed by atoms with Crippen LogP contribution in [0, 0.1) is 6.92 Å². The normalized spacial score (nSPS) is 14.4. The standard InChI is InChI=1S/C44H66N4O9/c1-36-15-16-39(32-38(36)34-48(35-50)41(13-10-23-49)44(52)45-2)46-19-21-47(22-20-46)43(51)14-6-5-8-25-54-29-31-55-30-28-53-24-7-3-4-9-26-56-40-17-18-42-37(33-40)12-11-27-57-42/h15-18,23,32-33,35,41H,3-14,19-22,24-31,34H2,1-2H3,(H,45,52). The van der Waals surface area contributed by atoms with Crippen LogP contribution in [-0.2, 0) is 46.4 Å². The number of rotatable bonds is 29. The van der Waals surface area contributed by atoms with Crippen molar-refractivity contribution >= 4 is 30.2 Å². The van der Waals surface area contributed by atoms with Gasteiger partial charge in [0.05, 0.1) is 39.6 Å². The summed E-state index contributed by atoms with van der Waals surface area (Å²) >= 11 is 0. The van der Waals surface area contributed by atoms with E-state index in [2.05, 4.69) is 28.4 Å². The fraction of sp³-hybridized carbons (Fsp3) is 0.636. The number of nitrogens with one attached hydrogen (secondary N) is 1. The number of benzene rings is 2. The number of fused-ring (bicyclic) bond motifs is 1. The number of nitrogens with zero attached hydrogens (tertiary/aromatic N) is 3. The third kappa shape index (κ3) is 16.3. The number of anilines is 1. The van der Waals surface area contributed by atoms with E-state index in [0.29, 0.717) is 59.0 Å². The lowest BCUT2D eigenvalue weighted by Gasteiger charge is -2.36. The summed E-state index contributed by atoms with van der Waals surface area (Å²) in [7, 11) is 1.53. The summed E-state index contributed by atoms with van der Waals surface area (Å²) in [6.07, 6.45) is 11.6. The van der Waals surface area contributed by atoms with Crippen molar-refractivity contribution in [3.63, 3.8) is 0 Å². The maximum Gasteiger partial charge on any atom is 0.242 e. The fourth-order valence-corrected chi connectivity index (χ4v) is 7.13. The SMILES string of the molecule is CNC(=O)C(CCC=O)N(C=O)Cc1cc(N2CCN(C(=O)CCCCCOCCOCCOCCCCCCOc3ccc4c(c3)CCCO4)CC2)ccc1C. The van der Waals surface area contributed by atoms with Crippen LogP contribution >= 0.6 is 0 Å². The number of amides is 3. The van der Waals surface area contributed by atoms with Crippen LogP contribution in [0.3, 0.4) is 0 Å². The van der Waals surface area contributed by atoms with E-state index in [4.69, 9.17) is 23.7 Å². The third-order valence-corrected chi connectivity index (χ3v) is 10.6. The summed E-state index contributed by atoms with van der Waals surface area (Å²) in [5.74, 6) is 1.83. The van der Waals surface area contributed by atoms with Crippen molar-refractivity contribution < 1.29 is 42.9 Å². The smallest absolute Gasteiger partial charge is 0.242 e. The van der Waals surface area contributed by atoms with Gasteiger partial charge in [-0.15, -0.1) is 0 Å². The molecule has 1 unspecified atom stereocenters. The van der Waals surface area contributed by atoms with Crippen LogP contribution in [0.5, 0.6) is 11.5 Å². The quantitative estimate of drug-likeness (QED) is 0.0858. The number of carbonyl (C=O) groups is 4. The molecule has 0 aliphatic carbocycles. The van der Waals surface area contributed by atoms with Gasteiger partial charge in [0.1, 0.15) is 23.8 Å². The van der Waals surface area contributed by atoms with Crippen LogP contribution in [-0.4, -0.2) is 126 Å². The average Bonchev–Trinajstić information content (AvgIpc) is 3.24. The van der Waals surface area contributed by atoms with Crippen molar-refractivity contribution in [2.24, 2.45) is 0 Å². The number of ether oxygens (including phenoxy) is 5. The number of aldehydes is 1. The first kappa shape index (κ1) is 45.5. The number of hydrogen-bond donors (Lipinski definition) is 1. The minimum absolute atomic E-state index is 0.190. The molecule has 2 aromatic rings. The zero-order valence-corrected chi connectivity index (χ0v) is 34.4. The molecule has 316 valence electrons. The Morgan fingerprint density at radius 3 is 2.21 bits per heavy atom. The highest BCUT2D eigenvalue weighted by atomic mass is 16.5. The number of hydrogen-bond acceptors (Lipinski definition) is 10. The lowest BCUT2D eigenvalue weighted by atomic mass is 10.0. The molecule has 0 bridgehead atoms. The minimum Gasteiger partial charge on any atom is -0.494 e. The van der Waals surface area contributed by atoms with Crippen LogP contribution in [0.15, 0.2) is 36.4 Å². The van der Waals surface area contributed by atoms with Gasteiger partial charge < -0.3 is 48.5 Å². The minimum atomic E-state index is -0.717. The monoisotopic (exact) mass is 794 g/mol. The third-order valence-electron chi connectivity index (χ3n) is 10.6. The van der Waals surface area contributed by atoms with Crippen LogP contribution in [0.4, 0.5) is 5.69 Å². The molecule has 2 aliphatic heterocycles. The Balaban J connectivity index is 0.949. The fourth-order valence-electron chi connectivity index (χ4n) is 7.13. The van der Waals surface area contributed by atoms with Crippen molar-refractivity contribution in [2.45, 2.75) is 96.6 Å². The molecule has 2 heterocycles. The molecule has 57 heavy (non-hydrogen) atoms. The first-order chi connectivity index (χ1) is 27.9. The van der Waals surface area contributed by atoms with Gasteiger partial charge in [-0.1, -0.05) is 18.9 Å². The largest absolute Gasteiger partial charge is 0.494 e. The van der Waals surface area contributed by atoms with Crippen molar-refractivity contribution in [3.05, 3.63) is 53.1 Å². The Bertz CT molecular complexity index is 1500. The van der Waals surface area contributed by atoms with E-state index in [-0.39, 0.29) is 31.2 Å². The van der Waals surface area contributed by atoms with Crippen LogP contribution in [0.2, 0.25) is 0 Å². The predicted molar refractivity (Wildman–Crippen MR) is 220 cm³/mol. The maximum absolute atomic E-state index is 12.9. The number of unbranched alkanes of at least 4 members (excludes halogenated alkanes) is 5. The highest BCUT2D eigenvalue weighted by Crippen LogP contribution is 2.29. The molecule has 13 heteroatoms. The summed E-state index contributed by atoms with van der Waals surface area (Å²) in [4.78, 5) is 54.0. The van der Waals surface area contributed by atoms with Gasteiger partial charge in [0.15, 0.2) is 0 Å². The lowest BCUT2D eigenvalue weighted by molar-refractivity contribution is -0.133. The molecular weight excluding hydrogens is 729 g/mol. The molecule has 2 aromatic carbocycles. The van der Waals surface area contributed by atoms with Gasteiger partial charge in [0.2, 0.25) is 18.2 Å². The number of likely N-dealkylation sites (N-methyl/N-ethyl adjacent to an activating group) is 1. The Labute approximate surface area is 339 Å². The molecule has 2 aliphatic rings. The van der Waals surface area contributed by atoms with Gasteiger partial charge in [-0.2, -0.15) is 0 Å². The summed E-state index contributed by atoms with van der Waals surface area (Å²) < 4.78 is 28.6. The maximum atomic E-state index is 12.9. The van der Waals surface area contributed by atoms with E-state index in [1.807, 2.05) is 30.0 Å². The molecule has 1 fully saturated rings. The summed E-state index contributed by atoms with van der Waals surface area (Å²) in [5, 5.41) is 2.60. The Morgan fingerprint density at radius 2 is 1.53 bits per heavy atom. The Kier molecular flexibility index (Phi) is 21.3. The number of aryl methyl sites for hydroxylation is 2. The predicted octanol–water partition coefficient (Wildman–Crippen LogP) is 5.27. The zero-order valence-electron chi connectivity index (χ0n) is 34.4. The molecule has 0 aromatic heterocycles. The van der Waals surface area contributed by atoms with Crippen LogP contribution < -0.4 is 19.7 Å². The molecule has 1 atom stereocenters.